The van der Waals surface area contributed by atoms with Crippen molar-refractivity contribution in [2.45, 2.75) is 19.4 Å². The van der Waals surface area contributed by atoms with Crippen LogP contribution >= 0.6 is 11.3 Å². The van der Waals surface area contributed by atoms with Gasteiger partial charge < -0.3 is 14.4 Å². The molecule has 0 N–H and O–H groups in total. The van der Waals surface area contributed by atoms with Crippen molar-refractivity contribution in [3.8, 4) is 5.75 Å². The quantitative estimate of drug-likeness (QED) is 0.864. The molecular weight excluding hydrogens is 310 g/mol. The standard InChI is InChI=1S/C18H21NO3S/c1-13-7-10-23-17(13)18(20)19-8-9-22-16(12-19)11-14-3-5-15(21-2)6-4-14/h3-7,10,16H,8-9,11-12H2,1-2H3/t16-/m1/s1. The second kappa shape index (κ2) is 7.15. The molecule has 3 rings (SSSR count). The third-order valence-electron chi connectivity index (χ3n) is 4.10. The van der Waals surface area contributed by atoms with Crippen molar-refractivity contribution in [3.05, 3.63) is 51.7 Å². The van der Waals surface area contributed by atoms with E-state index in [1.54, 1.807) is 7.11 Å². The maximum Gasteiger partial charge on any atom is 0.264 e. The van der Waals surface area contributed by atoms with E-state index in [0.717, 1.165) is 22.6 Å². The molecule has 2 heterocycles. The highest BCUT2D eigenvalue weighted by Gasteiger charge is 2.26. The van der Waals surface area contributed by atoms with Crippen LogP contribution in [0.1, 0.15) is 20.8 Å². The van der Waals surface area contributed by atoms with Crippen molar-refractivity contribution in [2.24, 2.45) is 0 Å². The fraction of sp³-hybridized carbons (Fsp3) is 0.389. The summed E-state index contributed by atoms with van der Waals surface area (Å²) in [6.45, 7) is 3.88. The number of carbonyl (C=O) groups excluding carboxylic acids is 1. The normalized spacial score (nSPS) is 18.0. The van der Waals surface area contributed by atoms with E-state index in [-0.39, 0.29) is 12.0 Å². The third kappa shape index (κ3) is 3.74. The Morgan fingerprint density at radius 2 is 2.13 bits per heavy atom. The van der Waals surface area contributed by atoms with Crippen LogP contribution in [0, 0.1) is 6.92 Å². The van der Waals surface area contributed by atoms with Gasteiger partial charge in [-0.2, -0.15) is 0 Å². The van der Waals surface area contributed by atoms with Crippen LogP contribution in [0.25, 0.3) is 0 Å². The molecule has 1 aromatic heterocycles. The Balaban J connectivity index is 1.63. The maximum absolute atomic E-state index is 12.6. The molecule has 1 aliphatic rings. The highest BCUT2D eigenvalue weighted by molar-refractivity contribution is 7.12. The summed E-state index contributed by atoms with van der Waals surface area (Å²) in [5.74, 6) is 0.976. The molecule has 1 atom stereocenters. The SMILES string of the molecule is COc1ccc(C[C@@H]2CN(C(=O)c3sccc3C)CCO2)cc1. The monoisotopic (exact) mass is 331 g/mol. The van der Waals surface area contributed by atoms with Gasteiger partial charge in [-0.25, -0.2) is 0 Å². The van der Waals surface area contributed by atoms with E-state index in [1.807, 2.05) is 47.5 Å². The topological polar surface area (TPSA) is 38.8 Å². The van der Waals surface area contributed by atoms with Gasteiger partial charge in [0.25, 0.3) is 5.91 Å². The fourth-order valence-electron chi connectivity index (χ4n) is 2.79. The Labute approximate surface area is 140 Å². The van der Waals surface area contributed by atoms with Crippen molar-refractivity contribution in [2.75, 3.05) is 26.8 Å². The summed E-state index contributed by atoms with van der Waals surface area (Å²) in [6.07, 6.45) is 0.846. The molecule has 2 aromatic rings. The van der Waals surface area contributed by atoms with Crippen molar-refractivity contribution >= 4 is 17.2 Å². The molecular formula is C18H21NO3S. The lowest BCUT2D eigenvalue weighted by atomic mass is 10.1. The van der Waals surface area contributed by atoms with Crippen LogP contribution in [0.3, 0.4) is 0 Å². The average Bonchev–Trinajstić information content (AvgIpc) is 3.01. The minimum absolute atomic E-state index is 0.0429. The van der Waals surface area contributed by atoms with E-state index in [2.05, 4.69) is 0 Å². The molecule has 1 amide bonds. The maximum atomic E-state index is 12.6. The highest BCUT2D eigenvalue weighted by atomic mass is 32.1. The predicted octanol–water partition coefficient (Wildman–Crippen LogP) is 3.15. The largest absolute Gasteiger partial charge is 0.497 e. The Hall–Kier alpha value is -1.85. The van der Waals surface area contributed by atoms with Crippen LogP contribution in [0.5, 0.6) is 5.75 Å². The molecule has 1 aromatic carbocycles. The predicted molar refractivity (Wildman–Crippen MR) is 91.4 cm³/mol. The number of amides is 1. The van der Waals surface area contributed by atoms with E-state index in [1.165, 1.54) is 16.9 Å². The number of ether oxygens (including phenoxy) is 2. The number of carbonyl (C=O) groups is 1. The lowest BCUT2D eigenvalue weighted by Crippen LogP contribution is -2.46. The Morgan fingerprint density at radius 3 is 2.78 bits per heavy atom. The van der Waals surface area contributed by atoms with Gasteiger partial charge in [-0.3, -0.25) is 4.79 Å². The van der Waals surface area contributed by atoms with Crippen LogP contribution in [0.4, 0.5) is 0 Å². The third-order valence-corrected chi connectivity index (χ3v) is 5.11. The number of nitrogens with zero attached hydrogens (tertiary/aromatic N) is 1. The summed E-state index contributed by atoms with van der Waals surface area (Å²) in [7, 11) is 1.66. The molecule has 122 valence electrons. The van der Waals surface area contributed by atoms with E-state index in [9.17, 15) is 4.79 Å². The number of benzene rings is 1. The van der Waals surface area contributed by atoms with Gasteiger partial charge >= 0.3 is 0 Å². The van der Waals surface area contributed by atoms with Crippen molar-refractivity contribution < 1.29 is 14.3 Å². The lowest BCUT2D eigenvalue weighted by Gasteiger charge is -2.33. The molecule has 1 aliphatic heterocycles. The Bertz CT molecular complexity index is 665. The molecule has 23 heavy (non-hydrogen) atoms. The van der Waals surface area contributed by atoms with Gasteiger partial charge in [-0.05, 0) is 41.6 Å². The first kappa shape index (κ1) is 16.0. The zero-order chi connectivity index (χ0) is 16.2. The van der Waals surface area contributed by atoms with Crippen LogP contribution in [-0.2, 0) is 11.2 Å². The minimum Gasteiger partial charge on any atom is -0.497 e. The number of rotatable bonds is 4. The summed E-state index contributed by atoms with van der Waals surface area (Å²) in [6, 6.07) is 10.00. The van der Waals surface area contributed by atoms with Gasteiger partial charge in [-0.15, -0.1) is 11.3 Å². The summed E-state index contributed by atoms with van der Waals surface area (Å²) < 4.78 is 11.0. The summed E-state index contributed by atoms with van der Waals surface area (Å²) in [5.41, 5.74) is 2.25. The molecule has 0 saturated carbocycles. The van der Waals surface area contributed by atoms with Crippen LogP contribution in [0.2, 0.25) is 0 Å². The second-order valence-electron chi connectivity index (χ2n) is 5.73. The number of morpholine rings is 1. The Morgan fingerprint density at radius 1 is 1.35 bits per heavy atom. The molecule has 4 nitrogen and oxygen atoms in total. The molecule has 0 bridgehead atoms. The Kier molecular flexibility index (Phi) is 4.98. The molecule has 1 saturated heterocycles. The molecule has 0 aliphatic carbocycles. The first-order chi connectivity index (χ1) is 11.2. The average molecular weight is 331 g/mol. The zero-order valence-corrected chi connectivity index (χ0v) is 14.3. The van der Waals surface area contributed by atoms with E-state index in [4.69, 9.17) is 9.47 Å². The number of hydrogen-bond donors (Lipinski definition) is 0. The summed E-state index contributed by atoms with van der Waals surface area (Å²) in [5, 5.41) is 1.97. The van der Waals surface area contributed by atoms with E-state index < -0.39 is 0 Å². The lowest BCUT2D eigenvalue weighted by molar-refractivity contribution is -0.0206. The van der Waals surface area contributed by atoms with Gasteiger partial charge in [0, 0.05) is 19.5 Å². The highest BCUT2D eigenvalue weighted by Crippen LogP contribution is 2.21. The molecule has 5 heteroatoms. The van der Waals surface area contributed by atoms with Gasteiger partial charge in [0.05, 0.1) is 24.7 Å². The smallest absolute Gasteiger partial charge is 0.264 e. The molecule has 0 radical (unpaired) electrons. The number of aryl methyl sites for hydroxylation is 1. The van der Waals surface area contributed by atoms with Crippen LogP contribution in [0.15, 0.2) is 35.7 Å². The van der Waals surface area contributed by atoms with E-state index in [0.29, 0.717) is 19.7 Å². The first-order valence-electron chi connectivity index (χ1n) is 7.75. The molecule has 0 unspecified atom stereocenters. The fourth-order valence-corrected chi connectivity index (χ4v) is 3.68. The number of hydrogen-bond acceptors (Lipinski definition) is 4. The van der Waals surface area contributed by atoms with Gasteiger partial charge in [-0.1, -0.05) is 12.1 Å². The minimum atomic E-state index is 0.0429. The van der Waals surface area contributed by atoms with Gasteiger partial charge in [0.1, 0.15) is 5.75 Å². The van der Waals surface area contributed by atoms with Crippen molar-refractivity contribution in [1.29, 1.82) is 0 Å². The van der Waals surface area contributed by atoms with Crippen molar-refractivity contribution in [1.82, 2.24) is 4.90 Å². The van der Waals surface area contributed by atoms with Gasteiger partial charge in [0.2, 0.25) is 0 Å². The van der Waals surface area contributed by atoms with E-state index >= 15 is 0 Å². The molecule has 0 spiro atoms. The van der Waals surface area contributed by atoms with Crippen LogP contribution in [-0.4, -0.2) is 43.7 Å². The molecule has 1 fully saturated rings. The summed E-state index contributed by atoms with van der Waals surface area (Å²) >= 11 is 1.51. The van der Waals surface area contributed by atoms with Crippen molar-refractivity contribution in [3.63, 3.8) is 0 Å². The zero-order valence-electron chi connectivity index (χ0n) is 13.5. The van der Waals surface area contributed by atoms with Crippen LogP contribution < -0.4 is 4.74 Å². The first-order valence-corrected chi connectivity index (χ1v) is 8.63. The number of thiophene rings is 1. The summed E-state index contributed by atoms with van der Waals surface area (Å²) in [4.78, 5) is 15.4. The number of methoxy groups -OCH3 is 1. The van der Waals surface area contributed by atoms with Gasteiger partial charge in [0.15, 0.2) is 0 Å². The second-order valence-corrected chi connectivity index (χ2v) is 6.65.